The zero-order valence-electron chi connectivity index (χ0n) is 11.1. The standard InChI is InChI=1S/C12H22N4OS/c1-10(14-11-3-7-18-8-4-11)12-15-13-9-16(12)5-6-17-2/h9-11,14H,3-8H2,1-2H3/t10-/m1/s1. The van der Waals surface area contributed by atoms with Crippen molar-refractivity contribution in [2.75, 3.05) is 25.2 Å². The molecule has 18 heavy (non-hydrogen) atoms. The fourth-order valence-electron chi connectivity index (χ4n) is 2.25. The molecule has 1 aliphatic heterocycles. The predicted molar refractivity (Wildman–Crippen MR) is 73.8 cm³/mol. The first-order valence-corrected chi connectivity index (χ1v) is 7.67. The maximum Gasteiger partial charge on any atom is 0.149 e. The van der Waals surface area contributed by atoms with E-state index in [-0.39, 0.29) is 6.04 Å². The third-order valence-corrected chi connectivity index (χ3v) is 4.32. The molecule has 1 atom stereocenters. The van der Waals surface area contributed by atoms with Gasteiger partial charge in [0.15, 0.2) is 0 Å². The van der Waals surface area contributed by atoms with Crippen molar-refractivity contribution in [2.24, 2.45) is 0 Å². The van der Waals surface area contributed by atoms with Crippen molar-refractivity contribution in [3.63, 3.8) is 0 Å². The lowest BCUT2D eigenvalue weighted by Crippen LogP contribution is -2.35. The second-order valence-electron chi connectivity index (χ2n) is 4.65. The van der Waals surface area contributed by atoms with Crippen LogP contribution in [0.25, 0.3) is 0 Å². The molecule has 1 aromatic heterocycles. The van der Waals surface area contributed by atoms with Crippen LogP contribution >= 0.6 is 11.8 Å². The van der Waals surface area contributed by atoms with Gasteiger partial charge in [-0.05, 0) is 31.3 Å². The van der Waals surface area contributed by atoms with E-state index in [4.69, 9.17) is 4.74 Å². The number of hydrogen-bond acceptors (Lipinski definition) is 5. The second kappa shape index (κ2) is 7.11. The minimum absolute atomic E-state index is 0.248. The van der Waals surface area contributed by atoms with Gasteiger partial charge in [0.25, 0.3) is 0 Å². The highest BCUT2D eigenvalue weighted by atomic mass is 32.2. The number of hydrogen-bond donors (Lipinski definition) is 1. The van der Waals surface area contributed by atoms with Gasteiger partial charge in [-0.2, -0.15) is 11.8 Å². The van der Waals surface area contributed by atoms with Gasteiger partial charge < -0.3 is 14.6 Å². The summed E-state index contributed by atoms with van der Waals surface area (Å²) in [7, 11) is 1.71. The number of aromatic nitrogens is 3. The number of methoxy groups -OCH3 is 1. The summed E-state index contributed by atoms with van der Waals surface area (Å²) in [6.45, 7) is 3.66. The topological polar surface area (TPSA) is 52.0 Å². The molecule has 1 fully saturated rings. The Kier molecular flexibility index (Phi) is 5.46. The Balaban J connectivity index is 1.90. The van der Waals surface area contributed by atoms with Crippen LogP contribution < -0.4 is 5.32 Å². The summed E-state index contributed by atoms with van der Waals surface area (Å²) >= 11 is 2.05. The Labute approximate surface area is 113 Å². The third kappa shape index (κ3) is 3.70. The smallest absolute Gasteiger partial charge is 0.149 e. The number of nitrogens with one attached hydrogen (secondary N) is 1. The van der Waals surface area contributed by atoms with Crippen LogP contribution in [0.2, 0.25) is 0 Å². The lowest BCUT2D eigenvalue weighted by Gasteiger charge is -2.26. The maximum absolute atomic E-state index is 5.10. The van der Waals surface area contributed by atoms with Crippen molar-refractivity contribution in [3.05, 3.63) is 12.2 Å². The second-order valence-corrected chi connectivity index (χ2v) is 5.88. The van der Waals surface area contributed by atoms with E-state index in [0.717, 1.165) is 12.4 Å². The zero-order chi connectivity index (χ0) is 12.8. The Hall–Kier alpha value is -0.590. The van der Waals surface area contributed by atoms with E-state index >= 15 is 0 Å². The van der Waals surface area contributed by atoms with Crippen molar-refractivity contribution >= 4 is 11.8 Å². The monoisotopic (exact) mass is 270 g/mol. The summed E-state index contributed by atoms with van der Waals surface area (Å²) in [6.07, 6.45) is 4.28. The average molecular weight is 270 g/mol. The van der Waals surface area contributed by atoms with Gasteiger partial charge in [0, 0.05) is 19.7 Å². The quantitative estimate of drug-likeness (QED) is 0.848. The Bertz CT molecular complexity index is 352. The van der Waals surface area contributed by atoms with Gasteiger partial charge in [-0.1, -0.05) is 0 Å². The van der Waals surface area contributed by atoms with Gasteiger partial charge in [-0.3, -0.25) is 0 Å². The molecule has 0 amide bonds. The molecule has 0 bridgehead atoms. The summed E-state index contributed by atoms with van der Waals surface area (Å²) < 4.78 is 7.17. The van der Waals surface area contributed by atoms with E-state index in [9.17, 15) is 0 Å². The molecule has 2 rings (SSSR count). The van der Waals surface area contributed by atoms with Crippen molar-refractivity contribution in [1.82, 2.24) is 20.1 Å². The average Bonchev–Trinajstić information content (AvgIpc) is 2.86. The summed E-state index contributed by atoms with van der Waals surface area (Å²) in [5, 5.41) is 11.9. The number of nitrogens with zero attached hydrogens (tertiary/aromatic N) is 3. The van der Waals surface area contributed by atoms with E-state index in [1.54, 1.807) is 13.4 Å². The van der Waals surface area contributed by atoms with Crippen LogP contribution in [0.3, 0.4) is 0 Å². The van der Waals surface area contributed by atoms with Crippen LogP contribution in [-0.4, -0.2) is 46.0 Å². The predicted octanol–water partition coefficient (Wildman–Crippen LogP) is 1.47. The first-order chi connectivity index (χ1) is 8.81. The Morgan fingerprint density at radius 1 is 1.56 bits per heavy atom. The third-order valence-electron chi connectivity index (χ3n) is 3.28. The minimum Gasteiger partial charge on any atom is -0.383 e. The molecule has 6 heteroatoms. The van der Waals surface area contributed by atoms with Crippen molar-refractivity contribution < 1.29 is 4.74 Å². The molecule has 0 unspecified atom stereocenters. The summed E-state index contributed by atoms with van der Waals surface area (Å²) in [5.74, 6) is 3.53. The molecule has 0 aromatic carbocycles. The molecule has 0 radical (unpaired) electrons. The van der Waals surface area contributed by atoms with Gasteiger partial charge in [0.05, 0.1) is 12.6 Å². The fraction of sp³-hybridized carbons (Fsp3) is 0.833. The van der Waals surface area contributed by atoms with Crippen LogP contribution in [0.4, 0.5) is 0 Å². The molecular weight excluding hydrogens is 248 g/mol. The zero-order valence-corrected chi connectivity index (χ0v) is 11.9. The normalized spacial score (nSPS) is 19.0. The van der Waals surface area contributed by atoms with E-state index < -0.39 is 0 Å². The fourth-order valence-corrected chi connectivity index (χ4v) is 3.36. The van der Waals surface area contributed by atoms with Gasteiger partial charge in [0.1, 0.15) is 12.2 Å². The highest BCUT2D eigenvalue weighted by Gasteiger charge is 2.19. The van der Waals surface area contributed by atoms with E-state index in [1.165, 1.54) is 24.3 Å². The number of thioether (sulfide) groups is 1. The molecule has 1 N–H and O–H groups in total. The summed E-state index contributed by atoms with van der Waals surface area (Å²) in [5.41, 5.74) is 0. The molecular formula is C12H22N4OS. The molecule has 1 saturated heterocycles. The Morgan fingerprint density at radius 2 is 2.33 bits per heavy atom. The van der Waals surface area contributed by atoms with Gasteiger partial charge >= 0.3 is 0 Å². The molecule has 0 spiro atoms. The van der Waals surface area contributed by atoms with Crippen molar-refractivity contribution in [3.8, 4) is 0 Å². The molecule has 0 saturated carbocycles. The highest BCUT2D eigenvalue weighted by molar-refractivity contribution is 7.99. The van der Waals surface area contributed by atoms with Crippen LogP contribution in [0, 0.1) is 0 Å². The van der Waals surface area contributed by atoms with Crippen LogP contribution in [0.1, 0.15) is 31.6 Å². The molecule has 5 nitrogen and oxygen atoms in total. The lowest BCUT2D eigenvalue weighted by molar-refractivity contribution is 0.185. The minimum atomic E-state index is 0.248. The van der Waals surface area contributed by atoms with Crippen LogP contribution in [0.15, 0.2) is 6.33 Å². The van der Waals surface area contributed by atoms with Crippen molar-refractivity contribution in [1.29, 1.82) is 0 Å². The maximum atomic E-state index is 5.10. The summed E-state index contributed by atoms with van der Waals surface area (Å²) in [4.78, 5) is 0. The van der Waals surface area contributed by atoms with Gasteiger partial charge in [0.2, 0.25) is 0 Å². The highest BCUT2D eigenvalue weighted by Crippen LogP contribution is 2.20. The SMILES string of the molecule is COCCn1cnnc1[C@@H](C)NC1CCSCC1. The van der Waals surface area contributed by atoms with Gasteiger partial charge in [-0.25, -0.2) is 0 Å². The number of rotatable bonds is 6. The molecule has 1 aliphatic rings. The molecule has 0 aliphatic carbocycles. The first kappa shape index (κ1) is 13.8. The van der Waals surface area contributed by atoms with E-state index in [0.29, 0.717) is 12.6 Å². The van der Waals surface area contributed by atoms with Crippen LogP contribution in [0.5, 0.6) is 0 Å². The Morgan fingerprint density at radius 3 is 3.06 bits per heavy atom. The number of ether oxygens (including phenoxy) is 1. The molecule has 102 valence electrons. The van der Waals surface area contributed by atoms with E-state index in [2.05, 4.69) is 27.0 Å². The summed E-state index contributed by atoms with van der Waals surface area (Å²) in [6, 6.07) is 0.867. The molecule has 2 heterocycles. The lowest BCUT2D eigenvalue weighted by atomic mass is 10.1. The largest absolute Gasteiger partial charge is 0.383 e. The van der Waals surface area contributed by atoms with Crippen molar-refractivity contribution in [2.45, 2.75) is 38.4 Å². The van der Waals surface area contributed by atoms with Crippen LogP contribution in [-0.2, 0) is 11.3 Å². The van der Waals surface area contributed by atoms with Gasteiger partial charge in [-0.15, -0.1) is 10.2 Å². The van der Waals surface area contributed by atoms with E-state index in [1.807, 2.05) is 11.8 Å². The molecule has 1 aromatic rings. The first-order valence-electron chi connectivity index (χ1n) is 6.51.